The molecule has 0 bridgehead atoms. The van der Waals surface area contributed by atoms with Crippen LogP contribution in [0.4, 0.5) is 0 Å². The molecule has 29 heavy (non-hydrogen) atoms. The Labute approximate surface area is 175 Å². The van der Waals surface area contributed by atoms with Crippen molar-refractivity contribution < 1.29 is 4.74 Å². The number of hydrogen-bond donors (Lipinski definition) is 2. The highest BCUT2D eigenvalue weighted by atomic mass is 16.5. The van der Waals surface area contributed by atoms with Crippen molar-refractivity contribution in [3.63, 3.8) is 0 Å². The van der Waals surface area contributed by atoms with E-state index in [4.69, 9.17) is 9.73 Å². The second-order valence-electron chi connectivity index (χ2n) is 7.47. The molecule has 0 aliphatic carbocycles. The molecule has 1 atom stereocenters. The summed E-state index contributed by atoms with van der Waals surface area (Å²) >= 11 is 0. The molecule has 0 amide bonds. The molecule has 2 N–H and O–H groups in total. The molecule has 7 nitrogen and oxygen atoms in total. The van der Waals surface area contributed by atoms with Gasteiger partial charge < -0.3 is 19.9 Å². The molecule has 0 aliphatic rings. The largest absolute Gasteiger partial charge is 0.490 e. The molecule has 1 heterocycles. The van der Waals surface area contributed by atoms with Crippen molar-refractivity contribution in [2.24, 2.45) is 12.0 Å². The van der Waals surface area contributed by atoms with E-state index in [9.17, 15) is 0 Å². The predicted molar refractivity (Wildman–Crippen MR) is 118 cm³/mol. The van der Waals surface area contributed by atoms with Gasteiger partial charge in [-0.3, -0.25) is 0 Å². The van der Waals surface area contributed by atoms with E-state index in [-0.39, 0.29) is 6.10 Å². The first-order valence-corrected chi connectivity index (χ1v) is 10.6. The molecule has 1 aromatic heterocycles. The van der Waals surface area contributed by atoms with Crippen LogP contribution in [0.15, 0.2) is 23.2 Å². The molecule has 1 unspecified atom stereocenters. The van der Waals surface area contributed by atoms with Crippen molar-refractivity contribution in [3.8, 4) is 5.75 Å². The minimum absolute atomic E-state index is 0.180. The lowest BCUT2D eigenvalue weighted by molar-refractivity contribution is 0.215. The number of guanidine groups is 1. The second kappa shape index (κ2) is 11.4. The normalized spacial score (nSPS) is 12.7. The van der Waals surface area contributed by atoms with Gasteiger partial charge >= 0.3 is 0 Å². The molecular weight excluding hydrogens is 364 g/mol. The van der Waals surface area contributed by atoms with E-state index >= 15 is 0 Å². The van der Waals surface area contributed by atoms with Gasteiger partial charge in [0, 0.05) is 19.2 Å². The summed E-state index contributed by atoms with van der Waals surface area (Å²) in [6.45, 7) is 12.4. The van der Waals surface area contributed by atoms with Crippen LogP contribution in [-0.2, 0) is 20.1 Å². The zero-order chi connectivity index (χ0) is 21.2. The Hall–Kier alpha value is -2.57. The Bertz CT molecular complexity index is 799. The smallest absolute Gasteiger partial charge is 0.191 e. The highest BCUT2D eigenvalue weighted by Gasteiger charge is 2.09. The van der Waals surface area contributed by atoms with E-state index in [1.54, 1.807) is 0 Å². The maximum atomic E-state index is 6.12. The molecular formula is C22H36N6O. The van der Waals surface area contributed by atoms with Gasteiger partial charge in [0.15, 0.2) is 11.8 Å². The van der Waals surface area contributed by atoms with Gasteiger partial charge in [0.05, 0.1) is 19.2 Å². The quantitative estimate of drug-likeness (QED) is 0.362. The standard InChI is InChI=1S/C22H36N6O/c1-7-9-12-23-22(25-15-21-27-26-18(5)28(21)6)24-14-19-11-10-16(3)13-20(19)29-17(4)8-2/h10-11,13,17H,7-9,12,14-15H2,1-6H3,(H2,23,24,25). The Morgan fingerprint density at radius 3 is 2.66 bits per heavy atom. The van der Waals surface area contributed by atoms with Crippen molar-refractivity contribution in [3.05, 3.63) is 41.0 Å². The van der Waals surface area contributed by atoms with Crippen molar-refractivity contribution in [1.29, 1.82) is 0 Å². The molecule has 2 rings (SSSR count). The number of hydrogen-bond acceptors (Lipinski definition) is 4. The monoisotopic (exact) mass is 400 g/mol. The van der Waals surface area contributed by atoms with Gasteiger partial charge in [-0.1, -0.05) is 32.4 Å². The summed E-state index contributed by atoms with van der Waals surface area (Å²) in [7, 11) is 1.97. The Morgan fingerprint density at radius 2 is 2.00 bits per heavy atom. The summed E-state index contributed by atoms with van der Waals surface area (Å²) in [6, 6.07) is 6.30. The average Bonchev–Trinajstić information content (AvgIpc) is 3.02. The van der Waals surface area contributed by atoms with Crippen LogP contribution < -0.4 is 15.4 Å². The van der Waals surface area contributed by atoms with Gasteiger partial charge in [0.2, 0.25) is 0 Å². The third-order valence-corrected chi connectivity index (χ3v) is 4.95. The van der Waals surface area contributed by atoms with Crippen LogP contribution in [0.3, 0.4) is 0 Å². The van der Waals surface area contributed by atoms with Gasteiger partial charge in [0.1, 0.15) is 11.6 Å². The van der Waals surface area contributed by atoms with Crippen molar-refractivity contribution in [1.82, 2.24) is 25.4 Å². The molecule has 0 radical (unpaired) electrons. The van der Waals surface area contributed by atoms with Crippen LogP contribution in [0.1, 0.15) is 62.8 Å². The predicted octanol–water partition coefficient (Wildman–Crippen LogP) is 3.64. The third kappa shape index (κ3) is 7.07. The summed E-state index contributed by atoms with van der Waals surface area (Å²) in [5.74, 6) is 3.46. The zero-order valence-corrected chi connectivity index (χ0v) is 18.7. The molecule has 2 aromatic rings. The first kappa shape index (κ1) is 22.7. The van der Waals surface area contributed by atoms with Gasteiger partial charge in [-0.25, -0.2) is 4.99 Å². The summed E-state index contributed by atoms with van der Waals surface area (Å²) in [6.07, 6.45) is 3.38. The lowest BCUT2D eigenvalue weighted by Gasteiger charge is -2.17. The molecule has 160 valence electrons. The Balaban J connectivity index is 2.12. The number of nitrogens with one attached hydrogen (secondary N) is 2. The SMILES string of the molecule is CCCCNC(=NCc1ccc(C)cc1OC(C)CC)NCc1nnc(C)n1C. The van der Waals surface area contributed by atoms with Gasteiger partial charge in [-0.15, -0.1) is 10.2 Å². The van der Waals surface area contributed by atoms with E-state index in [2.05, 4.69) is 66.7 Å². The topological polar surface area (TPSA) is 76.4 Å². The first-order chi connectivity index (χ1) is 13.9. The van der Waals surface area contributed by atoms with Crippen LogP contribution in [0.25, 0.3) is 0 Å². The molecule has 1 aromatic carbocycles. The molecule has 0 spiro atoms. The lowest BCUT2D eigenvalue weighted by atomic mass is 10.1. The second-order valence-corrected chi connectivity index (χ2v) is 7.47. The molecule has 7 heteroatoms. The molecule has 0 saturated carbocycles. The number of aliphatic imine (C=N–C) groups is 1. The number of aromatic nitrogens is 3. The number of nitrogens with zero attached hydrogens (tertiary/aromatic N) is 4. The Morgan fingerprint density at radius 1 is 1.21 bits per heavy atom. The van der Waals surface area contributed by atoms with Gasteiger partial charge in [0.25, 0.3) is 0 Å². The van der Waals surface area contributed by atoms with E-state index in [1.807, 2.05) is 18.5 Å². The highest BCUT2D eigenvalue weighted by Crippen LogP contribution is 2.23. The Kier molecular flexibility index (Phi) is 8.96. The van der Waals surface area contributed by atoms with Crippen LogP contribution in [0, 0.1) is 13.8 Å². The average molecular weight is 401 g/mol. The first-order valence-electron chi connectivity index (χ1n) is 10.6. The number of benzene rings is 1. The van der Waals surface area contributed by atoms with Crippen LogP contribution in [-0.4, -0.2) is 33.4 Å². The summed E-state index contributed by atoms with van der Waals surface area (Å²) in [5.41, 5.74) is 2.27. The van der Waals surface area contributed by atoms with Gasteiger partial charge in [-0.05, 0) is 45.2 Å². The molecule has 0 fully saturated rings. The fourth-order valence-corrected chi connectivity index (χ4v) is 2.69. The van der Waals surface area contributed by atoms with E-state index in [0.29, 0.717) is 13.1 Å². The lowest BCUT2D eigenvalue weighted by Crippen LogP contribution is -2.38. The number of aryl methyl sites for hydroxylation is 2. The summed E-state index contributed by atoms with van der Waals surface area (Å²) in [5, 5.41) is 15.1. The summed E-state index contributed by atoms with van der Waals surface area (Å²) in [4.78, 5) is 4.80. The van der Waals surface area contributed by atoms with Gasteiger partial charge in [-0.2, -0.15) is 0 Å². The van der Waals surface area contributed by atoms with E-state index in [1.165, 1.54) is 5.56 Å². The fraction of sp³-hybridized carbons (Fsp3) is 0.591. The minimum Gasteiger partial charge on any atom is -0.490 e. The van der Waals surface area contributed by atoms with Crippen molar-refractivity contribution >= 4 is 5.96 Å². The number of unbranched alkanes of at least 4 members (excludes halogenated alkanes) is 1. The van der Waals surface area contributed by atoms with E-state index in [0.717, 1.165) is 54.7 Å². The molecule has 0 aliphatic heterocycles. The number of ether oxygens (including phenoxy) is 1. The fourth-order valence-electron chi connectivity index (χ4n) is 2.69. The number of rotatable bonds is 10. The van der Waals surface area contributed by atoms with Crippen LogP contribution >= 0.6 is 0 Å². The molecule has 0 saturated heterocycles. The van der Waals surface area contributed by atoms with E-state index < -0.39 is 0 Å². The maximum absolute atomic E-state index is 6.12. The minimum atomic E-state index is 0.180. The zero-order valence-electron chi connectivity index (χ0n) is 18.7. The van der Waals surface area contributed by atoms with Crippen molar-refractivity contribution in [2.75, 3.05) is 6.54 Å². The maximum Gasteiger partial charge on any atom is 0.191 e. The third-order valence-electron chi connectivity index (χ3n) is 4.95. The van der Waals surface area contributed by atoms with Crippen LogP contribution in [0.5, 0.6) is 5.75 Å². The van der Waals surface area contributed by atoms with Crippen LogP contribution in [0.2, 0.25) is 0 Å². The van der Waals surface area contributed by atoms with Crippen molar-refractivity contribution in [2.45, 2.75) is 73.1 Å². The highest BCUT2D eigenvalue weighted by molar-refractivity contribution is 5.79. The summed E-state index contributed by atoms with van der Waals surface area (Å²) < 4.78 is 8.10.